The zero-order valence-electron chi connectivity index (χ0n) is 17.6. The van der Waals surface area contributed by atoms with Gasteiger partial charge >= 0.3 is 0 Å². The fourth-order valence-electron chi connectivity index (χ4n) is 5.54. The van der Waals surface area contributed by atoms with Gasteiger partial charge in [0.1, 0.15) is 0 Å². The number of carbonyl (C=O) groups is 1. The van der Waals surface area contributed by atoms with Gasteiger partial charge in [-0.1, -0.05) is 24.3 Å². The average molecular weight is 441 g/mol. The third-order valence-corrected chi connectivity index (χ3v) is 8.68. The fourth-order valence-corrected chi connectivity index (χ4v) is 6.41. The molecule has 1 unspecified atom stereocenters. The molecule has 7 nitrogen and oxygen atoms in total. The molecule has 1 aromatic carbocycles. The second-order valence-electron chi connectivity index (χ2n) is 9.26. The van der Waals surface area contributed by atoms with E-state index in [9.17, 15) is 13.2 Å². The summed E-state index contributed by atoms with van der Waals surface area (Å²) in [5, 5.41) is 3.92. The number of hydrogen-bond donors (Lipinski definition) is 2. The second kappa shape index (κ2) is 7.39. The number of nitrogens with zero attached hydrogens (tertiary/aromatic N) is 2. The number of rotatable bonds is 5. The van der Waals surface area contributed by atoms with Crippen molar-refractivity contribution in [2.45, 2.75) is 37.3 Å². The van der Waals surface area contributed by atoms with Gasteiger partial charge < -0.3 is 11.1 Å². The Labute approximate surface area is 183 Å². The predicted molar refractivity (Wildman–Crippen MR) is 119 cm³/mol. The van der Waals surface area contributed by atoms with E-state index in [0.29, 0.717) is 36.5 Å². The molecule has 5 rings (SSSR count). The standard InChI is InChI=1S/C23H28N4O3S/c1-31(29,30)27-8-6-16(7-9-27)21-11-20-12-23(20,26-21)19-4-2-15(3-5-19)17-10-18(22(24)28)14-25-13-17/h2-5,10,13-14,16,20-21,26H,6-9,11-12H2,1H3,(H2,24,28)/t20-,21?,23-/m0/s1. The molecule has 3 N–H and O–H groups in total. The molecule has 0 bridgehead atoms. The second-order valence-corrected chi connectivity index (χ2v) is 11.2. The first kappa shape index (κ1) is 20.6. The lowest BCUT2D eigenvalue weighted by Crippen LogP contribution is -2.45. The topological polar surface area (TPSA) is 105 Å². The molecule has 1 aliphatic carbocycles. The number of benzene rings is 1. The smallest absolute Gasteiger partial charge is 0.250 e. The first-order chi connectivity index (χ1) is 14.8. The highest BCUT2D eigenvalue weighted by Crippen LogP contribution is 2.60. The van der Waals surface area contributed by atoms with Crippen LogP contribution in [0.25, 0.3) is 11.1 Å². The van der Waals surface area contributed by atoms with E-state index in [-0.39, 0.29) is 5.54 Å². The van der Waals surface area contributed by atoms with E-state index in [4.69, 9.17) is 5.73 Å². The Balaban J connectivity index is 1.27. The van der Waals surface area contributed by atoms with Crippen molar-refractivity contribution in [1.29, 1.82) is 0 Å². The Kier molecular flexibility index (Phi) is 4.91. The molecular formula is C23H28N4O3S. The lowest BCUT2D eigenvalue weighted by atomic mass is 9.88. The van der Waals surface area contributed by atoms with Crippen molar-refractivity contribution in [3.63, 3.8) is 0 Å². The molecule has 2 saturated heterocycles. The molecule has 2 aliphatic heterocycles. The number of sulfonamides is 1. The molecule has 31 heavy (non-hydrogen) atoms. The Morgan fingerprint density at radius 3 is 2.52 bits per heavy atom. The first-order valence-corrected chi connectivity index (χ1v) is 12.7. The minimum absolute atomic E-state index is 0.0600. The number of nitrogens with one attached hydrogen (secondary N) is 1. The van der Waals surface area contributed by atoms with Gasteiger partial charge in [-0.15, -0.1) is 0 Å². The lowest BCUT2D eigenvalue weighted by Gasteiger charge is -2.35. The number of aromatic nitrogens is 1. The van der Waals surface area contributed by atoms with Crippen LogP contribution in [0.4, 0.5) is 0 Å². The summed E-state index contributed by atoms with van der Waals surface area (Å²) in [6.45, 7) is 1.26. The number of carbonyl (C=O) groups excluding carboxylic acids is 1. The maximum atomic E-state index is 11.8. The number of nitrogens with two attached hydrogens (primary N) is 1. The first-order valence-electron chi connectivity index (χ1n) is 10.8. The van der Waals surface area contributed by atoms with Crippen LogP contribution in [0, 0.1) is 11.8 Å². The van der Waals surface area contributed by atoms with E-state index >= 15 is 0 Å². The third kappa shape index (κ3) is 3.77. The number of amides is 1. The summed E-state index contributed by atoms with van der Waals surface area (Å²) in [5.74, 6) is 0.704. The average Bonchev–Trinajstić information content (AvgIpc) is 3.34. The zero-order valence-corrected chi connectivity index (χ0v) is 18.4. The summed E-state index contributed by atoms with van der Waals surface area (Å²) in [4.78, 5) is 15.6. The SMILES string of the molecule is CS(=O)(=O)N1CCC(C2C[C@H]3C[C@@]3(c3ccc(-c4cncc(C(N)=O)c4)cc3)N2)CC1. The maximum absolute atomic E-state index is 11.8. The van der Waals surface area contributed by atoms with Gasteiger partial charge in [0.25, 0.3) is 0 Å². The molecule has 3 fully saturated rings. The molecule has 3 atom stereocenters. The van der Waals surface area contributed by atoms with Crippen LogP contribution in [-0.2, 0) is 15.6 Å². The van der Waals surface area contributed by atoms with Gasteiger partial charge in [0.2, 0.25) is 15.9 Å². The number of primary amides is 1. The zero-order chi connectivity index (χ0) is 21.8. The number of piperidine rings is 2. The molecule has 8 heteroatoms. The summed E-state index contributed by atoms with van der Waals surface area (Å²) in [7, 11) is -3.08. The quantitative estimate of drug-likeness (QED) is 0.741. The summed E-state index contributed by atoms with van der Waals surface area (Å²) in [5.41, 5.74) is 9.03. The van der Waals surface area contributed by atoms with E-state index in [1.165, 1.54) is 18.0 Å². The largest absolute Gasteiger partial charge is 0.366 e. The van der Waals surface area contributed by atoms with Crippen LogP contribution in [0.3, 0.4) is 0 Å². The predicted octanol–water partition coefficient (Wildman–Crippen LogP) is 2.10. The van der Waals surface area contributed by atoms with Gasteiger partial charge in [0.15, 0.2) is 0 Å². The van der Waals surface area contributed by atoms with E-state index in [0.717, 1.165) is 36.8 Å². The van der Waals surface area contributed by atoms with Crippen LogP contribution in [-0.4, -0.2) is 49.0 Å². The molecule has 0 spiro atoms. The highest BCUT2D eigenvalue weighted by molar-refractivity contribution is 7.88. The number of fused-ring (bicyclic) bond motifs is 1. The normalized spacial score (nSPS) is 28.9. The maximum Gasteiger partial charge on any atom is 0.250 e. The monoisotopic (exact) mass is 440 g/mol. The summed E-state index contributed by atoms with van der Waals surface area (Å²) >= 11 is 0. The number of hydrogen-bond acceptors (Lipinski definition) is 5. The molecule has 0 radical (unpaired) electrons. The van der Waals surface area contributed by atoms with E-state index in [2.05, 4.69) is 34.6 Å². The highest BCUT2D eigenvalue weighted by Gasteiger charge is 2.61. The fraction of sp³-hybridized carbons (Fsp3) is 0.478. The van der Waals surface area contributed by atoms with Crippen molar-refractivity contribution in [3.05, 3.63) is 53.9 Å². The van der Waals surface area contributed by atoms with Gasteiger partial charge in [-0.05, 0) is 54.7 Å². The highest BCUT2D eigenvalue weighted by atomic mass is 32.2. The van der Waals surface area contributed by atoms with Crippen molar-refractivity contribution in [1.82, 2.24) is 14.6 Å². The van der Waals surface area contributed by atoms with Gasteiger partial charge in [0.05, 0.1) is 11.8 Å². The van der Waals surface area contributed by atoms with Crippen LogP contribution in [0.5, 0.6) is 0 Å². The van der Waals surface area contributed by atoms with Crippen LogP contribution < -0.4 is 11.1 Å². The minimum Gasteiger partial charge on any atom is -0.366 e. The van der Waals surface area contributed by atoms with Crippen molar-refractivity contribution in [2.24, 2.45) is 17.6 Å². The summed E-state index contributed by atoms with van der Waals surface area (Å²) in [6.07, 6.45) is 8.70. The molecular weight excluding hydrogens is 412 g/mol. The molecule has 2 aromatic rings. The van der Waals surface area contributed by atoms with Crippen molar-refractivity contribution >= 4 is 15.9 Å². The molecule has 164 valence electrons. The summed E-state index contributed by atoms with van der Waals surface area (Å²) < 4.78 is 25.2. The lowest BCUT2D eigenvalue weighted by molar-refractivity contribution is 0.1000. The molecule has 1 aromatic heterocycles. The Morgan fingerprint density at radius 2 is 1.87 bits per heavy atom. The minimum atomic E-state index is -3.08. The van der Waals surface area contributed by atoms with Crippen LogP contribution in [0.1, 0.15) is 41.6 Å². The van der Waals surface area contributed by atoms with Gasteiger partial charge in [-0.25, -0.2) is 12.7 Å². The van der Waals surface area contributed by atoms with Crippen molar-refractivity contribution in [3.8, 4) is 11.1 Å². The van der Waals surface area contributed by atoms with Crippen LogP contribution in [0.15, 0.2) is 42.7 Å². The van der Waals surface area contributed by atoms with E-state index < -0.39 is 15.9 Å². The summed E-state index contributed by atoms with van der Waals surface area (Å²) in [6, 6.07) is 10.7. The molecule has 1 saturated carbocycles. The Bertz CT molecular complexity index is 1110. The van der Waals surface area contributed by atoms with Crippen molar-refractivity contribution < 1.29 is 13.2 Å². The van der Waals surface area contributed by atoms with Gasteiger partial charge in [-0.2, -0.15) is 0 Å². The van der Waals surface area contributed by atoms with Gasteiger partial charge in [0, 0.05) is 42.6 Å². The molecule has 1 amide bonds. The van der Waals surface area contributed by atoms with E-state index in [1.807, 2.05) is 0 Å². The third-order valence-electron chi connectivity index (χ3n) is 7.38. The Morgan fingerprint density at radius 1 is 1.16 bits per heavy atom. The van der Waals surface area contributed by atoms with Crippen molar-refractivity contribution in [2.75, 3.05) is 19.3 Å². The number of pyridine rings is 1. The van der Waals surface area contributed by atoms with Crippen LogP contribution >= 0.6 is 0 Å². The van der Waals surface area contributed by atoms with Gasteiger partial charge in [-0.3, -0.25) is 9.78 Å². The molecule has 3 heterocycles. The van der Waals surface area contributed by atoms with E-state index in [1.54, 1.807) is 16.6 Å². The molecule has 3 aliphatic rings. The Hall–Kier alpha value is -2.29. The van der Waals surface area contributed by atoms with Crippen LogP contribution in [0.2, 0.25) is 0 Å².